The molecule has 4 heterocycles. The third-order valence-electron chi connectivity index (χ3n) is 8.45. The fourth-order valence-corrected chi connectivity index (χ4v) is 6.04. The number of ether oxygens (including phenoxy) is 1. The van der Waals surface area contributed by atoms with Gasteiger partial charge in [0.05, 0.1) is 28.3 Å². The number of hydrogen-bond donors (Lipinski definition) is 2. The second kappa shape index (κ2) is 12.5. The number of hydrogen-bond acceptors (Lipinski definition) is 6. The van der Waals surface area contributed by atoms with Gasteiger partial charge in [-0.05, 0) is 50.1 Å². The fraction of sp³-hybridized carbons (Fsp3) is 0.394. The van der Waals surface area contributed by atoms with E-state index in [1.165, 1.54) is 4.57 Å². The summed E-state index contributed by atoms with van der Waals surface area (Å²) in [5.74, 6) is 1.38. The van der Waals surface area contributed by atoms with Crippen LogP contribution in [-0.4, -0.2) is 72.6 Å². The Balaban J connectivity index is 1.15. The first-order valence-electron chi connectivity index (χ1n) is 15.4. The molecule has 1 fully saturated rings. The number of aryl methyl sites for hydroxylation is 1. The Morgan fingerprint density at radius 2 is 1.64 bits per heavy atom. The highest BCUT2D eigenvalue weighted by atomic mass is 16.5. The number of aromatic amines is 2. The van der Waals surface area contributed by atoms with Crippen molar-refractivity contribution in [2.45, 2.75) is 52.7 Å². The lowest BCUT2D eigenvalue weighted by molar-refractivity contribution is -0.135. The fourth-order valence-electron chi connectivity index (χ4n) is 6.04. The van der Waals surface area contributed by atoms with E-state index in [2.05, 4.69) is 21.8 Å². The van der Waals surface area contributed by atoms with Crippen molar-refractivity contribution < 1.29 is 9.53 Å². The molecule has 2 N–H and O–H groups in total. The first-order chi connectivity index (χ1) is 21.4. The summed E-state index contributed by atoms with van der Waals surface area (Å²) in [7, 11) is 0. The van der Waals surface area contributed by atoms with Gasteiger partial charge in [0.2, 0.25) is 0 Å². The van der Waals surface area contributed by atoms with E-state index in [0.29, 0.717) is 55.1 Å². The van der Waals surface area contributed by atoms with Crippen molar-refractivity contribution >= 4 is 28.0 Å². The number of carbonyl (C=O) groups is 1. The number of H-pyrrole nitrogens is 2. The van der Waals surface area contributed by atoms with Crippen molar-refractivity contribution in [3.05, 3.63) is 81.3 Å². The van der Waals surface area contributed by atoms with E-state index in [-0.39, 0.29) is 29.8 Å². The van der Waals surface area contributed by atoms with Crippen LogP contribution in [0.15, 0.2) is 64.2 Å². The van der Waals surface area contributed by atoms with Gasteiger partial charge >= 0.3 is 5.69 Å². The van der Waals surface area contributed by atoms with Crippen LogP contribution in [0.1, 0.15) is 45.5 Å². The molecule has 6 rings (SSSR count). The molecular formula is C33H39N7O4. The van der Waals surface area contributed by atoms with E-state index in [1.807, 2.05) is 73.3 Å². The lowest BCUT2D eigenvalue weighted by Gasteiger charge is -2.37. The van der Waals surface area contributed by atoms with Gasteiger partial charge in [0.1, 0.15) is 17.1 Å². The number of imidazole rings is 1. The van der Waals surface area contributed by atoms with E-state index in [1.54, 1.807) is 4.57 Å². The van der Waals surface area contributed by atoms with Crippen molar-refractivity contribution in [1.29, 1.82) is 0 Å². The topological polar surface area (TPSA) is 121 Å². The molecule has 1 saturated heterocycles. The van der Waals surface area contributed by atoms with Gasteiger partial charge in [-0.25, -0.2) is 9.78 Å². The summed E-state index contributed by atoms with van der Waals surface area (Å²) >= 11 is 0. The Labute approximate surface area is 255 Å². The number of carbonyl (C=O) groups excluding carboxylic acids is 1. The van der Waals surface area contributed by atoms with Gasteiger partial charge in [-0.3, -0.25) is 23.6 Å². The monoisotopic (exact) mass is 597 g/mol. The molecule has 230 valence electrons. The summed E-state index contributed by atoms with van der Waals surface area (Å²) in [6.07, 6.45) is 1.44. The van der Waals surface area contributed by atoms with Crippen molar-refractivity contribution in [2.75, 3.05) is 32.8 Å². The molecule has 3 aromatic heterocycles. The Morgan fingerprint density at radius 3 is 2.39 bits per heavy atom. The van der Waals surface area contributed by atoms with Crippen LogP contribution in [0, 0.1) is 0 Å². The van der Waals surface area contributed by atoms with Crippen molar-refractivity contribution in [1.82, 2.24) is 33.9 Å². The third-order valence-corrected chi connectivity index (χ3v) is 8.45. The quantitative estimate of drug-likeness (QED) is 0.250. The third kappa shape index (κ3) is 5.55. The van der Waals surface area contributed by atoms with E-state index < -0.39 is 0 Å². The molecule has 11 heteroatoms. The molecule has 1 atom stereocenters. The summed E-state index contributed by atoms with van der Waals surface area (Å²) in [6, 6.07) is 17.4. The van der Waals surface area contributed by atoms with Crippen LogP contribution in [0.2, 0.25) is 0 Å². The predicted octanol–water partition coefficient (Wildman–Crippen LogP) is 4.14. The van der Waals surface area contributed by atoms with Gasteiger partial charge in [0.25, 0.3) is 11.5 Å². The number of nitrogens with zero attached hydrogens (tertiary/aromatic N) is 5. The number of para-hydroxylation sites is 3. The molecule has 2 aromatic carbocycles. The minimum atomic E-state index is -0.326. The SMILES string of the molecule is CCCn1c(=O)c2[nH]c(-c3ccccc3OCC(=O)N3CCN(C(C)c4nc5ccccc5[nH]4)CC3)cc2n(CCC)c1=O. The van der Waals surface area contributed by atoms with Gasteiger partial charge < -0.3 is 19.6 Å². The number of nitrogens with one attached hydrogen (secondary N) is 2. The van der Waals surface area contributed by atoms with Crippen LogP contribution in [0.5, 0.6) is 5.75 Å². The van der Waals surface area contributed by atoms with Gasteiger partial charge in [-0.1, -0.05) is 38.1 Å². The number of fused-ring (bicyclic) bond motifs is 2. The molecule has 1 unspecified atom stereocenters. The van der Waals surface area contributed by atoms with Crippen LogP contribution in [0.25, 0.3) is 33.3 Å². The van der Waals surface area contributed by atoms with Crippen LogP contribution >= 0.6 is 0 Å². The Kier molecular flexibility index (Phi) is 8.38. The zero-order valence-corrected chi connectivity index (χ0v) is 25.5. The zero-order chi connectivity index (χ0) is 30.8. The van der Waals surface area contributed by atoms with E-state index in [0.717, 1.165) is 41.9 Å². The molecular weight excluding hydrogens is 558 g/mol. The molecule has 1 amide bonds. The first-order valence-corrected chi connectivity index (χ1v) is 15.4. The summed E-state index contributed by atoms with van der Waals surface area (Å²) in [5.41, 5.74) is 3.71. The van der Waals surface area contributed by atoms with Crippen LogP contribution in [-0.2, 0) is 17.9 Å². The Hall–Kier alpha value is -4.64. The number of aromatic nitrogens is 5. The maximum absolute atomic E-state index is 13.2. The predicted molar refractivity (Wildman–Crippen MR) is 171 cm³/mol. The highest BCUT2D eigenvalue weighted by molar-refractivity contribution is 5.84. The lowest BCUT2D eigenvalue weighted by Crippen LogP contribution is -2.50. The maximum atomic E-state index is 13.2. The molecule has 0 aliphatic carbocycles. The summed E-state index contributed by atoms with van der Waals surface area (Å²) < 4.78 is 9.05. The molecule has 5 aromatic rings. The standard InChI is InChI=1S/C33H39N7O4/c1-4-14-39-27-20-26(34-30(27)32(42)40(15-5-2)33(39)43)23-10-6-9-13-28(23)44-21-29(41)38-18-16-37(17-19-38)22(3)31-35-24-11-7-8-12-25(24)36-31/h6-13,20,22,34H,4-5,14-19,21H2,1-3H3,(H,35,36). The van der Waals surface area contributed by atoms with Crippen molar-refractivity contribution in [2.24, 2.45) is 0 Å². The summed E-state index contributed by atoms with van der Waals surface area (Å²) in [4.78, 5) is 55.2. The molecule has 0 saturated carbocycles. The lowest BCUT2D eigenvalue weighted by atomic mass is 10.1. The molecule has 0 bridgehead atoms. The zero-order valence-electron chi connectivity index (χ0n) is 25.5. The van der Waals surface area contributed by atoms with Crippen LogP contribution in [0.3, 0.4) is 0 Å². The van der Waals surface area contributed by atoms with Crippen molar-refractivity contribution in [3.8, 4) is 17.0 Å². The number of benzene rings is 2. The smallest absolute Gasteiger partial charge is 0.331 e. The van der Waals surface area contributed by atoms with Gasteiger partial charge in [0, 0.05) is 44.8 Å². The highest BCUT2D eigenvalue weighted by Gasteiger charge is 2.27. The first kappa shape index (κ1) is 29.4. The van der Waals surface area contributed by atoms with E-state index in [9.17, 15) is 14.4 Å². The van der Waals surface area contributed by atoms with Gasteiger partial charge in [-0.15, -0.1) is 0 Å². The number of rotatable bonds is 10. The minimum Gasteiger partial charge on any atom is -0.483 e. The average molecular weight is 598 g/mol. The highest BCUT2D eigenvalue weighted by Crippen LogP contribution is 2.31. The van der Waals surface area contributed by atoms with E-state index in [4.69, 9.17) is 9.72 Å². The van der Waals surface area contributed by atoms with E-state index >= 15 is 0 Å². The average Bonchev–Trinajstić information content (AvgIpc) is 3.69. The van der Waals surface area contributed by atoms with Gasteiger partial charge in [0.15, 0.2) is 6.61 Å². The second-order valence-electron chi connectivity index (χ2n) is 11.4. The molecule has 1 aliphatic rings. The molecule has 0 spiro atoms. The normalized spacial score (nSPS) is 14.8. The number of amides is 1. The second-order valence-corrected chi connectivity index (χ2v) is 11.4. The number of piperazine rings is 1. The maximum Gasteiger partial charge on any atom is 0.331 e. The summed E-state index contributed by atoms with van der Waals surface area (Å²) in [5, 5.41) is 0. The minimum absolute atomic E-state index is 0.0771. The van der Waals surface area contributed by atoms with Crippen molar-refractivity contribution in [3.63, 3.8) is 0 Å². The Morgan fingerprint density at radius 1 is 0.932 bits per heavy atom. The molecule has 1 aliphatic heterocycles. The Bertz CT molecular complexity index is 1880. The largest absolute Gasteiger partial charge is 0.483 e. The van der Waals surface area contributed by atoms with Gasteiger partial charge in [-0.2, -0.15) is 0 Å². The van der Waals surface area contributed by atoms with Crippen LogP contribution in [0.4, 0.5) is 0 Å². The molecule has 0 radical (unpaired) electrons. The van der Waals surface area contributed by atoms with Crippen LogP contribution < -0.4 is 16.0 Å². The molecule has 11 nitrogen and oxygen atoms in total. The molecule has 44 heavy (non-hydrogen) atoms. The summed E-state index contributed by atoms with van der Waals surface area (Å²) in [6.45, 7) is 9.55.